The van der Waals surface area contributed by atoms with Gasteiger partial charge in [0.15, 0.2) is 17.3 Å². The SMILES string of the molecule is C=C1CC2C=Nc3cc(OCCCC(=O)Nc4cn(C)c(C(=O)Nc5cc(C(=O)NCc6ccc(N)cc6)n(C)c5)n4)c(OC)cc3C(=O)N2C1. The molecule has 1 atom stereocenters. The minimum absolute atomic E-state index is 0.0636. The number of nitrogens with two attached hydrogens (primary N) is 1. The predicted molar refractivity (Wildman–Crippen MR) is 192 cm³/mol. The summed E-state index contributed by atoms with van der Waals surface area (Å²) in [5, 5.41) is 8.32. The first kappa shape index (κ1) is 34.5. The lowest BCUT2D eigenvalue weighted by Crippen LogP contribution is -2.35. The third-order valence-corrected chi connectivity index (χ3v) is 8.53. The highest BCUT2D eigenvalue weighted by Gasteiger charge is 2.34. The van der Waals surface area contributed by atoms with Crippen molar-refractivity contribution in [1.82, 2.24) is 24.3 Å². The van der Waals surface area contributed by atoms with Crippen molar-refractivity contribution in [3.8, 4) is 11.5 Å². The summed E-state index contributed by atoms with van der Waals surface area (Å²) in [5.74, 6) is -0.192. The first-order chi connectivity index (χ1) is 24.5. The van der Waals surface area contributed by atoms with Gasteiger partial charge in [0.1, 0.15) is 5.69 Å². The number of hydrogen-bond acceptors (Lipinski definition) is 9. The van der Waals surface area contributed by atoms with E-state index in [0.717, 1.165) is 11.1 Å². The van der Waals surface area contributed by atoms with E-state index in [1.807, 2.05) is 12.1 Å². The molecule has 4 heterocycles. The molecule has 2 aromatic heterocycles. The van der Waals surface area contributed by atoms with Gasteiger partial charge in [-0.25, -0.2) is 4.98 Å². The second-order valence-electron chi connectivity index (χ2n) is 12.4. The highest BCUT2D eigenvalue weighted by atomic mass is 16.5. The number of nitrogens with one attached hydrogen (secondary N) is 3. The van der Waals surface area contributed by atoms with Crippen LogP contribution < -0.4 is 31.2 Å². The van der Waals surface area contributed by atoms with Crippen LogP contribution in [-0.4, -0.2) is 75.2 Å². The van der Waals surface area contributed by atoms with Gasteiger partial charge in [0.05, 0.1) is 36.7 Å². The molecule has 5 N–H and O–H groups in total. The molecule has 2 aromatic carbocycles. The minimum Gasteiger partial charge on any atom is -0.493 e. The van der Waals surface area contributed by atoms with Gasteiger partial charge in [-0.2, -0.15) is 0 Å². The Morgan fingerprint density at radius 2 is 1.80 bits per heavy atom. The van der Waals surface area contributed by atoms with Crippen molar-refractivity contribution in [3.05, 3.63) is 89.7 Å². The average Bonchev–Trinajstić information content (AvgIpc) is 3.77. The van der Waals surface area contributed by atoms with Crippen molar-refractivity contribution < 1.29 is 28.7 Å². The van der Waals surface area contributed by atoms with Gasteiger partial charge in [-0.05, 0) is 42.7 Å². The molecule has 1 saturated heterocycles. The van der Waals surface area contributed by atoms with Crippen molar-refractivity contribution in [2.45, 2.75) is 31.8 Å². The first-order valence-corrected chi connectivity index (χ1v) is 16.3. The lowest BCUT2D eigenvalue weighted by Gasteiger charge is -2.20. The van der Waals surface area contributed by atoms with E-state index in [2.05, 4.69) is 32.5 Å². The number of aromatic nitrogens is 3. The van der Waals surface area contributed by atoms with Crippen LogP contribution in [0.5, 0.6) is 11.5 Å². The molecule has 2 aliphatic rings. The molecule has 0 spiro atoms. The highest BCUT2D eigenvalue weighted by molar-refractivity contribution is 6.04. The maximum atomic E-state index is 13.2. The van der Waals surface area contributed by atoms with E-state index in [4.69, 9.17) is 15.2 Å². The molecule has 15 nitrogen and oxygen atoms in total. The Balaban J connectivity index is 0.990. The molecule has 264 valence electrons. The number of aliphatic imine (C=N–C) groups is 1. The molecule has 0 bridgehead atoms. The van der Waals surface area contributed by atoms with E-state index in [1.165, 1.54) is 17.9 Å². The van der Waals surface area contributed by atoms with Crippen molar-refractivity contribution in [2.75, 3.05) is 36.6 Å². The number of nitrogens with zero attached hydrogens (tertiary/aromatic N) is 5. The number of rotatable bonds is 12. The minimum atomic E-state index is -0.516. The Bertz CT molecular complexity index is 2050. The summed E-state index contributed by atoms with van der Waals surface area (Å²) >= 11 is 0. The third kappa shape index (κ3) is 7.77. The van der Waals surface area contributed by atoms with Gasteiger partial charge in [0, 0.05) is 64.0 Å². The van der Waals surface area contributed by atoms with Crippen LogP contribution in [0.25, 0.3) is 0 Å². The smallest absolute Gasteiger partial charge is 0.291 e. The fourth-order valence-corrected chi connectivity index (χ4v) is 5.92. The Morgan fingerprint density at radius 3 is 2.57 bits per heavy atom. The van der Waals surface area contributed by atoms with Crippen LogP contribution >= 0.6 is 0 Å². The molecule has 0 saturated carbocycles. The number of benzene rings is 2. The van der Waals surface area contributed by atoms with Crippen molar-refractivity contribution >= 4 is 52.7 Å². The summed E-state index contributed by atoms with van der Waals surface area (Å²) in [6, 6.07) is 11.9. The first-order valence-electron chi connectivity index (χ1n) is 16.3. The lowest BCUT2D eigenvalue weighted by molar-refractivity contribution is -0.116. The standard InChI is InChI=1S/C36H39N9O6/c1-21-12-25-17-38-27-15-30(29(50-4)14-26(27)36(49)45(25)18-21)51-11-5-6-32(46)41-31-20-44(3)33(42-31)35(48)40-24-13-28(43(2)19-24)34(47)39-16-22-7-9-23(37)10-8-22/h7-10,13-15,17,19-20,25H,1,5-6,11-12,16,18,37H2,2-4H3,(H,39,47)(H,40,48)(H,41,46). The van der Waals surface area contributed by atoms with E-state index in [9.17, 15) is 19.2 Å². The van der Waals surface area contributed by atoms with E-state index < -0.39 is 5.91 Å². The molecule has 51 heavy (non-hydrogen) atoms. The molecule has 1 unspecified atom stereocenters. The van der Waals surface area contributed by atoms with Crippen LogP contribution in [0.15, 0.2) is 72.0 Å². The van der Waals surface area contributed by atoms with Crippen LogP contribution in [0, 0.1) is 0 Å². The monoisotopic (exact) mass is 693 g/mol. The molecule has 1 fully saturated rings. The molecule has 6 rings (SSSR count). The number of amides is 4. The van der Waals surface area contributed by atoms with Crippen LogP contribution in [0.2, 0.25) is 0 Å². The zero-order valence-corrected chi connectivity index (χ0v) is 28.6. The number of aryl methyl sites for hydroxylation is 2. The second-order valence-corrected chi connectivity index (χ2v) is 12.4. The number of carbonyl (C=O) groups is 4. The topological polar surface area (TPSA) is 187 Å². The highest BCUT2D eigenvalue weighted by Crippen LogP contribution is 2.38. The Morgan fingerprint density at radius 1 is 1.02 bits per heavy atom. The van der Waals surface area contributed by atoms with E-state index in [1.54, 1.807) is 66.3 Å². The number of hydrogen-bond donors (Lipinski definition) is 4. The number of nitrogen functional groups attached to an aromatic ring is 1. The van der Waals surface area contributed by atoms with Gasteiger partial charge in [0.2, 0.25) is 11.7 Å². The number of anilines is 3. The quantitative estimate of drug-likeness (QED) is 0.0980. The fourth-order valence-electron chi connectivity index (χ4n) is 5.92. The summed E-state index contributed by atoms with van der Waals surface area (Å²) in [4.78, 5) is 62.3. The molecule has 4 amide bonds. The Hall–Kier alpha value is -6.38. The third-order valence-electron chi connectivity index (χ3n) is 8.53. The fraction of sp³-hybridized carbons (Fsp3) is 0.278. The van der Waals surface area contributed by atoms with Crippen LogP contribution in [0.3, 0.4) is 0 Å². The number of carbonyl (C=O) groups excluding carboxylic acids is 4. The maximum Gasteiger partial charge on any atom is 0.291 e. The molecule has 0 radical (unpaired) electrons. The van der Waals surface area contributed by atoms with Gasteiger partial charge >= 0.3 is 0 Å². The molecule has 15 heteroatoms. The Labute approximate surface area is 294 Å². The summed E-state index contributed by atoms with van der Waals surface area (Å²) in [6.45, 7) is 5.02. The molecule has 0 aliphatic carbocycles. The molecular formula is C36H39N9O6. The Kier molecular flexibility index (Phi) is 9.88. The van der Waals surface area contributed by atoms with Gasteiger partial charge < -0.3 is 45.2 Å². The summed E-state index contributed by atoms with van der Waals surface area (Å²) in [5.41, 5.74) is 9.93. The zero-order valence-electron chi connectivity index (χ0n) is 28.6. The predicted octanol–water partition coefficient (Wildman–Crippen LogP) is 3.82. The van der Waals surface area contributed by atoms with Gasteiger partial charge in [-0.15, -0.1) is 0 Å². The number of imidazole rings is 1. The van der Waals surface area contributed by atoms with Gasteiger partial charge in [-0.1, -0.05) is 24.3 Å². The summed E-state index contributed by atoms with van der Waals surface area (Å²) in [7, 11) is 4.84. The van der Waals surface area contributed by atoms with Crippen molar-refractivity contribution in [1.29, 1.82) is 0 Å². The van der Waals surface area contributed by atoms with Crippen LogP contribution in [-0.2, 0) is 25.4 Å². The second kappa shape index (κ2) is 14.6. The van der Waals surface area contributed by atoms with Gasteiger partial charge in [-0.3, -0.25) is 24.2 Å². The number of ether oxygens (including phenoxy) is 2. The largest absolute Gasteiger partial charge is 0.493 e. The lowest BCUT2D eigenvalue weighted by atomic mass is 10.1. The average molecular weight is 694 g/mol. The zero-order chi connectivity index (χ0) is 36.2. The number of fused-ring (bicyclic) bond motifs is 2. The molecule has 4 aromatic rings. The summed E-state index contributed by atoms with van der Waals surface area (Å²) < 4.78 is 14.5. The molecular weight excluding hydrogens is 654 g/mol. The normalized spacial score (nSPS) is 14.8. The van der Waals surface area contributed by atoms with E-state index >= 15 is 0 Å². The van der Waals surface area contributed by atoms with Crippen molar-refractivity contribution in [3.63, 3.8) is 0 Å². The van der Waals surface area contributed by atoms with Crippen molar-refractivity contribution in [2.24, 2.45) is 19.1 Å². The number of methoxy groups -OCH3 is 1. The van der Waals surface area contributed by atoms with Crippen LogP contribution in [0.4, 0.5) is 22.9 Å². The van der Waals surface area contributed by atoms with Crippen LogP contribution in [0.1, 0.15) is 56.3 Å². The van der Waals surface area contributed by atoms with E-state index in [-0.39, 0.29) is 48.4 Å². The van der Waals surface area contributed by atoms with Gasteiger partial charge in [0.25, 0.3) is 17.7 Å². The molecule has 2 aliphatic heterocycles. The van der Waals surface area contributed by atoms with E-state index in [0.29, 0.717) is 65.7 Å². The maximum absolute atomic E-state index is 13.2. The summed E-state index contributed by atoms with van der Waals surface area (Å²) in [6.07, 6.45) is 6.10.